The number of thioether (sulfide) groups is 1. The molecule has 0 bridgehead atoms. The van der Waals surface area contributed by atoms with E-state index in [2.05, 4.69) is 9.88 Å². The number of Topliss-reactive ketones (excluding diaryl/α,β-unsaturated/α-hetero) is 1. The van der Waals surface area contributed by atoms with Crippen LogP contribution in [-0.2, 0) is 9.53 Å². The van der Waals surface area contributed by atoms with Crippen molar-refractivity contribution in [1.82, 2.24) is 9.88 Å². The molecule has 1 aliphatic rings. The Labute approximate surface area is 221 Å². The zero-order valence-electron chi connectivity index (χ0n) is 21.3. The van der Waals surface area contributed by atoms with Gasteiger partial charge in [0.1, 0.15) is 11.6 Å². The zero-order chi connectivity index (χ0) is 26.2. The third-order valence-corrected chi connectivity index (χ3v) is 8.07. The molecular formula is C29H33FN2O4S. The molecule has 0 N–H and O–H groups in total. The summed E-state index contributed by atoms with van der Waals surface area (Å²) in [6.45, 7) is 2.55. The van der Waals surface area contributed by atoms with Crippen molar-refractivity contribution in [3.8, 4) is 5.75 Å². The first-order valence-electron chi connectivity index (χ1n) is 12.6. The van der Waals surface area contributed by atoms with Crippen LogP contribution in [0.25, 0.3) is 10.9 Å². The summed E-state index contributed by atoms with van der Waals surface area (Å²) in [6.07, 6.45) is 4.07. The summed E-state index contributed by atoms with van der Waals surface area (Å²) in [4.78, 5) is 33.1. The predicted octanol–water partition coefficient (Wildman–Crippen LogP) is 5.64. The van der Waals surface area contributed by atoms with E-state index in [1.54, 1.807) is 43.3 Å². The van der Waals surface area contributed by atoms with Gasteiger partial charge in [0.15, 0.2) is 5.78 Å². The molecule has 4 rings (SSSR count). The number of hydrogen-bond donors (Lipinski definition) is 0. The summed E-state index contributed by atoms with van der Waals surface area (Å²) in [6, 6.07) is 14.0. The number of halogens is 1. The average Bonchev–Trinajstić information content (AvgIpc) is 2.91. The van der Waals surface area contributed by atoms with Crippen molar-refractivity contribution >= 4 is 34.4 Å². The Balaban J connectivity index is 1.36. The SMILES string of the molecule is COC(=O)C[C@H]1CN(CCSc2cccc(F)c2)CC[C@H]1CCC(=O)c1ccnc2ccc(OC)cc12. The Morgan fingerprint density at radius 3 is 2.78 bits per heavy atom. The number of ether oxygens (including phenoxy) is 2. The van der Waals surface area contributed by atoms with Crippen LogP contribution in [0, 0.1) is 17.7 Å². The van der Waals surface area contributed by atoms with Crippen LogP contribution < -0.4 is 4.74 Å². The Morgan fingerprint density at radius 2 is 2.00 bits per heavy atom. The maximum Gasteiger partial charge on any atom is 0.305 e. The number of rotatable bonds is 11. The first-order chi connectivity index (χ1) is 18.0. The number of ketones is 1. The summed E-state index contributed by atoms with van der Waals surface area (Å²) in [5.74, 6) is 1.56. The fraction of sp³-hybridized carbons (Fsp3) is 0.414. The number of likely N-dealkylation sites (tertiary alicyclic amines) is 1. The van der Waals surface area contributed by atoms with E-state index in [0.29, 0.717) is 24.2 Å². The number of esters is 1. The summed E-state index contributed by atoms with van der Waals surface area (Å²) in [5, 5.41) is 0.795. The normalized spacial score (nSPS) is 18.0. The van der Waals surface area contributed by atoms with E-state index in [1.165, 1.54) is 13.2 Å². The number of methoxy groups -OCH3 is 2. The lowest BCUT2D eigenvalue weighted by Crippen LogP contribution is -2.42. The highest BCUT2D eigenvalue weighted by molar-refractivity contribution is 7.99. The van der Waals surface area contributed by atoms with Gasteiger partial charge in [-0.05, 0) is 73.7 Å². The second-order valence-electron chi connectivity index (χ2n) is 9.40. The van der Waals surface area contributed by atoms with Gasteiger partial charge in [-0.2, -0.15) is 0 Å². The number of fused-ring (bicyclic) bond motifs is 1. The number of carbonyl (C=O) groups is 2. The number of aromatic nitrogens is 1. The number of carbonyl (C=O) groups excluding carboxylic acids is 2. The van der Waals surface area contributed by atoms with E-state index in [9.17, 15) is 14.0 Å². The average molecular weight is 525 g/mol. The minimum absolute atomic E-state index is 0.0754. The van der Waals surface area contributed by atoms with Gasteiger partial charge in [-0.15, -0.1) is 11.8 Å². The van der Waals surface area contributed by atoms with Gasteiger partial charge < -0.3 is 14.4 Å². The molecule has 3 aromatic rings. The van der Waals surface area contributed by atoms with Crippen LogP contribution >= 0.6 is 11.8 Å². The molecule has 0 spiro atoms. The van der Waals surface area contributed by atoms with Crippen molar-refractivity contribution in [2.75, 3.05) is 39.6 Å². The molecular weight excluding hydrogens is 491 g/mol. The molecule has 196 valence electrons. The first kappa shape index (κ1) is 27.1. The van der Waals surface area contributed by atoms with Gasteiger partial charge >= 0.3 is 5.97 Å². The molecule has 1 fully saturated rings. The number of pyridine rings is 1. The summed E-state index contributed by atoms with van der Waals surface area (Å²) in [5.41, 5.74) is 1.42. The minimum Gasteiger partial charge on any atom is -0.497 e. The molecule has 0 amide bonds. The van der Waals surface area contributed by atoms with Gasteiger partial charge in [0.05, 0.1) is 19.7 Å². The van der Waals surface area contributed by atoms with Crippen molar-refractivity contribution < 1.29 is 23.5 Å². The van der Waals surface area contributed by atoms with E-state index in [1.807, 2.05) is 24.3 Å². The van der Waals surface area contributed by atoms with Crippen LogP contribution in [0.2, 0.25) is 0 Å². The van der Waals surface area contributed by atoms with Crippen molar-refractivity contribution in [2.45, 2.75) is 30.6 Å². The van der Waals surface area contributed by atoms with E-state index in [-0.39, 0.29) is 29.4 Å². The molecule has 6 nitrogen and oxygen atoms in total. The number of nitrogens with zero attached hydrogens (tertiary/aromatic N) is 2. The number of hydrogen-bond acceptors (Lipinski definition) is 7. The quantitative estimate of drug-likeness (QED) is 0.183. The van der Waals surface area contributed by atoms with Gasteiger partial charge in [-0.3, -0.25) is 14.6 Å². The van der Waals surface area contributed by atoms with Gasteiger partial charge in [-0.1, -0.05) is 6.07 Å². The van der Waals surface area contributed by atoms with Crippen molar-refractivity contribution in [1.29, 1.82) is 0 Å². The van der Waals surface area contributed by atoms with Crippen LogP contribution in [0.1, 0.15) is 36.0 Å². The van der Waals surface area contributed by atoms with E-state index in [0.717, 1.165) is 54.0 Å². The Morgan fingerprint density at radius 1 is 1.14 bits per heavy atom. The third kappa shape index (κ3) is 7.29. The molecule has 0 aliphatic carbocycles. The van der Waals surface area contributed by atoms with Gasteiger partial charge in [0.2, 0.25) is 0 Å². The molecule has 0 saturated carbocycles. The summed E-state index contributed by atoms with van der Waals surface area (Å²) < 4.78 is 23.8. The van der Waals surface area contributed by atoms with E-state index >= 15 is 0 Å². The Bertz CT molecular complexity index is 1240. The Kier molecular flexibility index (Phi) is 9.52. The maximum atomic E-state index is 13.4. The van der Waals surface area contributed by atoms with Gasteiger partial charge in [-0.25, -0.2) is 4.39 Å². The first-order valence-corrected chi connectivity index (χ1v) is 13.6. The summed E-state index contributed by atoms with van der Waals surface area (Å²) >= 11 is 1.63. The molecule has 1 aromatic heterocycles. The van der Waals surface area contributed by atoms with Gasteiger partial charge in [0, 0.05) is 53.7 Å². The molecule has 2 heterocycles. The Hall–Kier alpha value is -2.97. The largest absolute Gasteiger partial charge is 0.497 e. The molecule has 1 saturated heterocycles. The highest BCUT2D eigenvalue weighted by atomic mass is 32.2. The predicted molar refractivity (Wildman–Crippen MR) is 144 cm³/mol. The molecule has 1 aliphatic heterocycles. The van der Waals surface area contributed by atoms with Crippen molar-refractivity contribution in [3.05, 3.63) is 66.1 Å². The standard InChI is InChI=1S/C29H33FN2O4S/c1-35-23-7-8-27-26(18-23)25(10-12-31-27)28(33)9-6-20-11-13-32(19-21(20)16-29(34)36-2)14-15-37-24-5-3-4-22(30)17-24/h3-5,7-8,10,12,17-18,20-21H,6,9,11,13-16,19H2,1-2H3/t20-,21+/m1/s1. The van der Waals surface area contributed by atoms with Crippen LogP contribution in [0.5, 0.6) is 5.75 Å². The lowest BCUT2D eigenvalue weighted by atomic mass is 9.79. The zero-order valence-corrected chi connectivity index (χ0v) is 22.1. The van der Waals surface area contributed by atoms with Crippen LogP contribution in [-0.4, -0.2) is 61.2 Å². The molecule has 2 aromatic carbocycles. The minimum atomic E-state index is -0.225. The van der Waals surface area contributed by atoms with Crippen molar-refractivity contribution in [3.63, 3.8) is 0 Å². The lowest BCUT2D eigenvalue weighted by Gasteiger charge is -2.38. The fourth-order valence-corrected chi connectivity index (χ4v) is 6.02. The summed E-state index contributed by atoms with van der Waals surface area (Å²) in [7, 11) is 3.02. The number of piperidine rings is 1. The van der Waals surface area contributed by atoms with Crippen LogP contribution in [0.15, 0.2) is 59.6 Å². The molecule has 8 heteroatoms. The number of benzene rings is 2. The van der Waals surface area contributed by atoms with Crippen LogP contribution in [0.3, 0.4) is 0 Å². The van der Waals surface area contributed by atoms with Crippen molar-refractivity contribution in [2.24, 2.45) is 11.8 Å². The van der Waals surface area contributed by atoms with Crippen LogP contribution in [0.4, 0.5) is 4.39 Å². The second kappa shape index (κ2) is 13.0. The monoisotopic (exact) mass is 524 g/mol. The van der Waals surface area contributed by atoms with E-state index in [4.69, 9.17) is 9.47 Å². The topological polar surface area (TPSA) is 68.7 Å². The fourth-order valence-electron chi connectivity index (χ4n) is 5.06. The van der Waals surface area contributed by atoms with Gasteiger partial charge in [0.25, 0.3) is 0 Å². The van der Waals surface area contributed by atoms with E-state index < -0.39 is 0 Å². The maximum absolute atomic E-state index is 13.4. The smallest absolute Gasteiger partial charge is 0.305 e. The third-order valence-electron chi connectivity index (χ3n) is 7.10. The highest BCUT2D eigenvalue weighted by Gasteiger charge is 2.31. The molecule has 2 atom stereocenters. The second-order valence-corrected chi connectivity index (χ2v) is 10.6. The highest BCUT2D eigenvalue weighted by Crippen LogP contribution is 2.32. The lowest BCUT2D eigenvalue weighted by molar-refractivity contribution is -0.142. The molecule has 0 unspecified atom stereocenters. The molecule has 0 radical (unpaired) electrons. The molecule has 37 heavy (non-hydrogen) atoms.